The summed E-state index contributed by atoms with van der Waals surface area (Å²) in [5, 5.41) is 8.79. The zero-order chi connectivity index (χ0) is 9.42. The minimum Gasteiger partial charge on any atom is -0.478 e. The summed E-state index contributed by atoms with van der Waals surface area (Å²) in [7, 11) is 0. The molecule has 0 saturated heterocycles. The molecule has 0 unspecified atom stereocenters. The Bertz CT molecular complexity index is 475. The average molecular weight is 177 g/mol. The van der Waals surface area contributed by atoms with Gasteiger partial charge >= 0.3 is 5.97 Å². The molecule has 2 heterocycles. The number of imidazole rings is 1. The molecule has 0 aliphatic carbocycles. The van der Waals surface area contributed by atoms with Crippen molar-refractivity contribution >= 4 is 11.7 Å². The summed E-state index contributed by atoms with van der Waals surface area (Å²) in [6.45, 7) is 1.72. The highest BCUT2D eigenvalue weighted by atomic mass is 16.4. The summed E-state index contributed by atoms with van der Waals surface area (Å²) in [4.78, 5) is 18.5. The van der Waals surface area contributed by atoms with Crippen molar-refractivity contribution in [2.24, 2.45) is 0 Å². The molecule has 0 aliphatic heterocycles. The first-order valence-electron chi connectivity index (χ1n) is 3.72. The van der Waals surface area contributed by atoms with Gasteiger partial charge in [-0.25, -0.2) is 14.8 Å². The van der Waals surface area contributed by atoms with Crippen LogP contribution in [0.15, 0.2) is 18.6 Å². The second kappa shape index (κ2) is 2.55. The third kappa shape index (κ3) is 1.05. The van der Waals surface area contributed by atoms with Gasteiger partial charge in [0.1, 0.15) is 0 Å². The molecule has 66 valence electrons. The zero-order valence-corrected chi connectivity index (χ0v) is 6.93. The second-order valence-corrected chi connectivity index (χ2v) is 2.66. The predicted octanol–water partition coefficient (Wildman–Crippen LogP) is 0.736. The maximum absolute atomic E-state index is 10.7. The maximum atomic E-state index is 10.7. The summed E-state index contributed by atoms with van der Waals surface area (Å²) in [5.74, 6) is -0.455. The van der Waals surface area contributed by atoms with Gasteiger partial charge in [-0.15, -0.1) is 0 Å². The normalized spacial score (nSPS) is 10.5. The van der Waals surface area contributed by atoms with Crippen LogP contribution in [0.3, 0.4) is 0 Å². The van der Waals surface area contributed by atoms with Crippen LogP contribution in [0, 0.1) is 6.92 Å². The van der Waals surface area contributed by atoms with Crippen LogP contribution in [0.2, 0.25) is 0 Å². The van der Waals surface area contributed by atoms with E-state index < -0.39 is 5.97 Å². The van der Waals surface area contributed by atoms with Crippen LogP contribution in [0.5, 0.6) is 0 Å². The highest BCUT2D eigenvalue weighted by Crippen LogP contribution is 2.08. The van der Waals surface area contributed by atoms with E-state index >= 15 is 0 Å². The van der Waals surface area contributed by atoms with Crippen LogP contribution in [0.1, 0.15) is 16.1 Å². The molecule has 5 heteroatoms. The molecule has 0 aromatic carbocycles. The number of aromatic carboxylic acids is 1. The van der Waals surface area contributed by atoms with E-state index in [9.17, 15) is 4.79 Å². The minimum atomic E-state index is -0.972. The summed E-state index contributed by atoms with van der Waals surface area (Å²) >= 11 is 0. The van der Waals surface area contributed by atoms with Crippen molar-refractivity contribution in [2.45, 2.75) is 6.92 Å². The maximum Gasteiger partial charge on any atom is 0.339 e. The number of aromatic nitrogens is 3. The first-order chi connectivity index (χ1) is 6.20. The van der Waals surface area contributed by atoms with Crippen molar-refractivity contribution in [2.75, 3.05) is 0 Å². The molecule has 0 aliphatic rings. The molecule has 0 atom stereocenters. The van der Waals surface area contributed by atoms with Gasteiger partial charge in [-0.1, -0.05) is 0 Å². The van der Waals surface area contributed by atoms with Gasteiger partial charge in [0.2, 0.25) is 5.78 Å². The van der Waals surface area contributed by atoms with Crippen molar-refractivity contribution < 1.29 is 9.90 Å². The van der Waals surface area contributed by atoms with E-state index in [0.717, 1.165) is 0 Å². The number of hydrogen-bond acceptors (Lipinski definition) is 3. The van der Waals surface area contributed by atoms with Crippen molar-refractivity contribution in [3.63, 3.8) is 0 Å². The quantitative estimate of drug-likeness (QED) is 0.697. The first-order valence-corrected chi connectivity index (χ1v) is 3.72. The third-order valence-corrected chi connectivity index (χ3v) is 1.91. The van der Waals surface area contributed by atoms with E-state index in [4.69, 9.17) is 5.11 Å². The second-order valence-electron chi connectivity index (χ2n) is 2.66. The first kappa shape index (κ1) is 7.72. The van der Waals surface area contributed by atoms with Crippen LogP contribution in [0.25, 0.3) is 5.78 Å². The molecule has 0 bridgehead atoms. The minimum absolute atomic E-state index is 0.200. The van der Waals surface area contributed by atoms with E-state index in [2.05, 4.69) is 9.97 Å². The van der Waals surface area contributed by atoms with E-state index in [-0.39, 0.29) is 5.56 Å². The summed E-state index contributed by atoms with van der Waals surface area (Å²) in [6, 6.07) is 0. The highest BCUT2D eigenvalue weighted by Gasteiger charge is 2.10. The van der Waals surface area contributed by atoms with Crippen molar-refractivity contribution in [3.8, 4) is 0 Å². The van der Waals surface area contributed by atoms with Gasteiger partial charge in [-0.3, -0.25) is 4.40 Å². The van der Waals surface area contributed by atoms with Gasteiger partial charge in [0, 0.05) is 24.3 Å². The summed E-state index contributed by atoms with van der Waals surface area (Å²) in [6.07, 6.45) is 4.59. The van der Waals surface area contributed by atoms with E-state index in [1.54, 1.807) is 23.7 Å². The third-order valence-electron chi connectivity index (χ3n) is 1.91. The number of nitrogens with zero attached hydrogens (tertiary/aromatic N) is 3. The summed E-state index contributed by atoms with van der Waals surface area (Å²) < 4.78 is 1.64. The number of hydrogen-bond donors (Lipinski definition) is 1. The fourth-order valence-corrected chi connectivity index (χ4v) is 1.21. The number of rotatable bonds is 1. The molecule has 1 N–H and O–H groups in total. The van der Waals surface area contributed by atoms with Crippen LogP contribution in [0.4, 0.5) is 0 Å². The molecule has 2 rings (SSSR count). The fourth-order valence-electron chi connectivity index (χ4n) is 1.21. The van der Waals surface area contributed by atoms with Crippen LogP contribution < -0.4 is 0 Å². The lowest BCUT2D eigenvalue weighted by Crippen LogP contribution is -2.05. The Hall–Kier alpha value is -1.91. The monoisotopic (exact) mass is 177 g/mol. The van der Waals surface area contributed by atoms with Crippen LogP contribution in [-0.4, -0.2) is 25.4 Å². The standard InChI is InChI=1S/C8H7N3O2/c1-5-6(7(12)13)4-10-8-9-2-3-11(5)8/h2-4H,1H3,(H,12,13). The molecule has 2 aromatic rings. The number of fused-ring (bicyclic) bond motifs is 1. The average Bonchev–Trinajstić information content (AvgIpc) is 2.52. The Kier molecular flexibility index (Phi) is 1.51. The van der Waals surface area contributed by atoms with E-state index in [0.29, 0.717) is 11.5 Å². The molecule has 0 spiro atoms. The highest BCUT2D eigenvalue weighted by molar-refractivity contribution is 5.88. The molecule has 2 aromatic heterocycles. The molecule has 0 amide bonds. The van der Waals surface area contributed by atoms with Gasteiger partial charge < -0.3 is 5.11 Å². The number of carboxylic acids is 1. The van der Waals surface area contributed by atoms with Gasteiger partial charge in [0.25, 0.3) is 0 Å². The lowest BCUT2D eigenvalue weighted by molar-refractivity contribution is 0.0695. The molecule has 0 saturated carbocycles. The molecule has 13 heavy (non-hydrogen) atoms. The zero-order valence-electron chi connectivity index (χ0n) is 6.93. The smallest absolute Gasteiger partial charge is 0.339 e. The van der Waals surface area contributed by atoms with Crippen molar-refractivity contribution in [1.29, 1.82) is 0 Å². The number of carbonyl (C=O) groups is 1. The molecule has 0 radical (unpaired) electrons. The fraction of sp³-hybridized carbons (Fsp3) is 0.125. The number of carboxylic acid groups (broad SMARTS) is 1. The molecular formula is C8H7N3O2. The van der Waals surface area contributed by atoms with Gasteiger partial charge in [-0.2, -0.15) is 0 Å². The molecule has 5 nitrogen and oxygen atoms in total. The van der Waals surface area contributed by atoms with Gasteiger partial charge in [0.05, 0.1) is 5.56 Å². The number of aryl methyl sites for hydroxylation is 1. The Labute approximate surface area is 73.7 Å². The van der Waals surface area contributed by atoms with Crippen LogP contribution in [-0.2, 0) is 0 Å². The van der Waals surface area contributed by atoms with Gasteiger partial charge in [-0.05, 0) is 6.92 Å². The molecule has 0 fully saturated rings. The SMILES string of the molecule is Cc1c(C(=O)O)cnc2nccn12. The lowest BCUT2D eigenvalue weighted by atomic mass is 10.2. The lowest BCUT2D eigenvalue weighted by Gasteiger charge is -2.01. The predicted molar refractivity (Wildman–Crippen MR) is 44.7 cm³/mol. The van der Waals surface area contributed by atoms with Gasteiger partial charge in [0.15, 0.2) is 0 Å². The molecular weight excluding hydrogens is 170 g/mol. The van der Waals surface area contributed by atoms with Crippen molar-refractivity contribution in [3.05, 3.63) is 29.8 Å². The Morgan fingerprint density at radius 3 is 3.00 bits per heavy atom. The van der Waals surface area contributed by atoms with Crippen LogP contribution >= 0.6 is 0 Å². The Balaban J connectivity index is 2.80. The van der Waals surface area contributed by atoms with E-state index in [1.807, 2.05) is 0 Å². The van der Waals surface area contributed by atoms with E-state index in [1.165, 1.54) is 6.20 Å². The Morgan fingerprint density at radius 1 is 1.54 bits per heavy atom. The summed E-state index contributed by atoms with van der Waals surface area (Å²) in [5.41, 5.74) is 0.834. The van der Waals surface area contributed by atoms with Crippen molar-refractivity contribution in [1.82, 2.24) is 14.4 Å². The largest absolute Gasteiger partial charge is 0.478 e. The Morgan fingerprint density at radius 2 is 2.31 bits per heavy atom. The topological polar surface area (TPSA) is 67.5 Å².